The molecule has 0 atom stereocenters. The van der Waals surface area contributed by atoms with Crippen molar-refractivity contribution in [2.75, 3.05) is 5.32 Å². The lowest BCUT2D eigenvalue weighted by atomic mass is 10.2. The van der Waals surface area contributed by atoms with E-state index < -0.39 is 0 Å². The van der Waals surface area contributed by atoms with Gasteiger partial charge in [-0.05, 0) is 35.0 Å². The van der Waals surface area contributed by atoms with Crippen molar-refractivity contribution in [3.05, 3.63) is 62.1 Å². The summed E-state index contributed by atoms with van der Waals surface area (Å²) in [6.07, 6.45) is 0. The van der Waals surface area contributed by atoms with E-state index in [1.54, 1.807) is 28.7 Å². The van der Waals surface area contributed by atoms with Crippen LogP contribution in [0.2, 0.25) is 10.0 Å². The third-order valence-electron chi connectivity index (χ3n) is 2.86. The number of benzene rings is 1. The first kappa shape index (κ1) is 14.0. The van der Waals surface area contributed by atoms with Crippen LogP contribution in [0.5, 0.6) is 0 Å². The Hall–Kier alpha value is -1.00. The van der Waals surface area contributed by atoms with Gasteiger partial charge in [0.2, 0.25) is 0 Å². The number of halogens is 2. The lowest BCUT2D eigenvalue weighted by Gasteiger charge is -2.07. The summed E-state index contributed by atoms with van der Waals surface area (Å²) in [6, 6.07) is 12.0. The highest BCUT2D eigenvalue weighted by Gasteiger charge is 2.06. The molecular weight excluding hydrogens is 329 g/mol. The lowest BCUT2D eigenvalue weighted by Crippen LogP contribution is -1.97. The second-order valence-corrected chi connectivity index (χ2v) is 6.96. The molecule has 0 radical (unpaired) electrons. The van der Waals surface area contributed by atoms with Crippen LogP contribution in [0.25, 0.3) is 10.4 Å². The van der Waals surface area contributed by atoms with Gasteiger partial charge in [0.25, 0.3) is 0 Å². The van der Waals surface area contributed by atoms with Gasteiger partial charge in [-0.1, -0.05) is 35.3 Å². The normalized spacial score (nSPS) is 10.7. The molecule has 1 nitrogen and oxygen atoms in total. The molecule has 0 amide bonds. The Morgan fingerprint density at radius 1 is 1.05 bits per heavy atom. The van der Waals surface area contributed by atoms with Crippen LogP contribution in [0.3, 0.4) is 0 Å². The molecule has 5 heteroatoms. The maximum Gasteiger partial charge on any atom is 0.0823 e. The monoisotopic (exact) mass is 339 g/mol. The summed E-state index contributed by atoms with van der Waals surface area (Å²) in [5.74, 6) is 0. The molecule has 0 saturated carbocycles. The maximum atomic E-state index is 6.16. The van der Waals surface area contributed by atoms with Crippen LogP contribution in [0.15, 0.2) is 47.2 Å². The molecule has 0 unspecified atom stereocenters. The highest BCUT2D eigenvalue weighted by molar-refractivity contribution is 7.14. The first-order chi connectivity index (χ1) is 9.74. The van der Waals surface area contributed by atoms with Gasteiger partial charge in [-0.15, -0.1) is 22.7 Å². The van der Waals surface area contributed by atoms with Crippen molar-refractivity contribution >= 4 is 51.6 Å². The minimum absolute atomic E-state index is 0.571. The Kier molecular flexibility index (Phi) is 4.32. The van der Waals surface area contributed by atoms with Gasteiger partial charge in [-0.25, -0.2) is 0 Å². The zero-order valence-corrected chi connectivity index (χ0v) is 13.5. The minimum atomic E-state index is 0.571. The lowest BCUT2D eigenvalue weighted by molar-refractivity contribution is 1.19. The summed E-state index contributed by atoms with van der Waals surface area (Å²) in [6.45, 7) is 0.746. The molecule has 3 aromatic rings. The average Bonchev–Trinajstić information content (AvgIpc) is 3.10. The Labute approximate surface area is 135 Å². The van der Waals surface area contributed by atoms with Gasteiger partial charge >= 0.3 is 0 Å². The van der Waals surface area contributed by atoms with E-state index in [1.165, 1.54) is 15.3 Å². The summed E-state index contributed by atoms with van der Waals surface area (Å²) < 4.78 is 0. The first-order valence-electron chi connectivity index (χ1n) is 6.03. The minimum Gasteiger partial charge on any atom is -0.379 e. The van der Waals surface area contributed by atoms with Crippen LogP contribution in [-0.4, -0.2) is 0 Å². The molecule has 20 heavy (non-hydrogen) atoms. The number of thiophene rings is 2. The van der Waals surface area contributed by atoms with Crippen molar-refractivity contribution in [2.45, 2.75) is 6.54 Å². The summed E-state index contributed by atoms with van der Waals surface area (Å²) in [7, 11) is 0. The van der Waals surface area contributed by atoms with E-state index in [4.69, 9.17) is 23.2 Å². The van der Waals surface area contributed by atoms with Crippen molar-refractivity contribution in [2.24, 2.45) is 0 Å². The molecule has 1 aromatic carbocycles. The Balaban J connectivity index is 1.71. The Morgan fingerprint density at radius 3 is 2.75 bits per heavy atom. The smallest absolute Gasteiger partial charge is 0.0823 e. The molecular formula is C15H11Cl2NS2. The first-order valence-corrected chi connectivity index (χ1v) is 8.55. The molecule has 0 aliphatic rings. The Morgan fingerprint density at radius 2 is 1.95 bits per heavy atom. The molecule has 1 N–H and O–H groups in total. The molecule has 0 bridgehead atoms. The van der Waals surface area contributed by atoms with Gasteiger partial charge in [0.05, 0.1) is 15.7 Å². The highest BCUT2D eigenvalue weighted by atomic mass is 35.5. The standard InChI is InChI=1S/C15H11Cl2NS2/c16-12-3-1-4-13(15(12)17)18-8-11-7-10(9-20-11)14-5-2-6-19-14/h1-7,9,18H,8H2. The van der Waals surface area contributed by atoms with Crippen molar-refractivity contribution in [3.8, 4) is 10.4 Å². The highest BCUT2D eigenvalue weighted by Crippen LogP contribution is 2.32. The van der Waals surface area contributed by atoms with E-state index in [0.29, 0.717) is 10.0 Å². The van der Waals surface area contributed by atoms with Crippen LogP contribution in [0.1, 0.15) is 4.88 Å². The average molecular weight is 340 g/mol. The van der Waals surface area contributed by atoms with Gasteiger partial charge in [0.15, 0.2) is 0 Å². The quantitative estimate of drug-likeness (QED) is 0.580. The number of hydrogen-bond acceptors (Lipinski definition) is 3. The van der Waals surface area contributed by atoms with E-state index in [0.717, 1.165) is 12.2 Å². The number of nitrogens with one attached hydrogen (secondary N) is 1. The second kappa shape index (κ2) is 6.19. The van der Waals surface area contributed by atoms with Gasteiger partial charge < -0.3 is 5.32 Å². The molecule has 2 heterocycles. The van der Waals surface area contributed by atoms with Crippen molar-refractivity contribution in [1.29, 1.82) is 0 Å². The molecule has 0 fully saturated rings. The van der Waals surface area contributed by atoms with Crippen LogP contribution in [0.4, 0.5) is 5.69 Å². The van der Waals surface area contributed by atoms with Gasteiger partial charge in [-0.3, -0.25) is 0 Å². The molecule has 2 aromatic heterocycles. The van der Waals surface area contributed by atoms with E-state index in [2.05, 4.69) is 34.3 Å². The van der Waals surface area contributed by atoms with Crippen molar-refractivity contribution in [1.82, 2.24) is 0 Å². The fourth-order valence-corrected chi connectivity index (χ4v) is 3.85. The number of rotatable bonds is 4. The van der Waals surface area contributed by atoms with Crippen LogP contribution in [0, 0.1) is 0 Å². The third kappa shape index (κ3) is 3.01. The molecule has 3 rings (SSSR count). The maximum absolute atomic E-state index is 6.16. The van der Waals surface area contributed by atoms with E-state index in [-0.39, 0.29) is 0 Å². The largest absolute Gasteiger partial charge is 0.379 e. The SMILES string of the molecule is Clc1cccc(NCc2cc(-c3cccs3)cs2)c1Cl. The van der Waals surface area contributed by atoms with Crippen LogP contribution < -0.4 is 5.32 Å². The van der Waals surface area contributed by atoms with E-state index >= 15 is 0 Å². The molecule has 0 saturated heterocycles. The Bertz CT molecular complexity index is 704. The molecule has 0 spiro atoms. The van der Waals surface area contributed by atoms with Gasteiger partial charge in [0.1, 0.15) is 0 Å². The van der Waals surface area contributed by atoms with Gasteiger partial charge in [-0.2, -0.15) is 0 Å². The van der Waals surface area contributed by atoms with Crippen molar-refractivity contribution < 1.29 is 0 Å². The fraction of sp³-hybridized carbons (Fsp3) is 0.0667. The number of anilines is 1. The van der Waals surface area contributed by atoms with Gasteiger partial charge in [0, 0.05) is 21.9 Å². The number of hydrogen-bond donors (Lipinski definition) is 1. The molecule has 102 valence electrons. The topological polar surface area (TPSA) is 12.0 Å². The predicted molar refractivity (Wildman–Crippen MR) is 91.4 cm³/mol. The summed E-state index contributed by atoms with van der Waals surface area (Å²) in [5.41, 5.74) is 2.14. The van der Waals surface area contributed by atoms with E-state index in [1.807, 2.05) is 12.1 Å². The zero-order valence-electron chi connectivity index (χ0n) is 10.4. The molecule has 0 aliphatic heterocycles. The van der Waals surface area contributed by atoms with Crippen molar-refractivity contribution in [3.63, 3.8) is 0 Å². The summed E-state index contributed by atoms with van der Waals surface area (Å²) in [4.78, 5) is 2.57. The summed E-state index contributed by atoms with van der Waals surface area (Å²) in [5, 5.41) is 8.75. The van der Waals surface area contributed by atoms with Crippen LogP contribution in [-0.2, 0) is 6.54 Å². The predicted octanol–water partition coefficient (Wildman–Crippen LogP) is 6.40. The van der Waals surface area contributed by atoms with E-state index in [9.17, 15) is 0 Å². The second-order valence-electron chi connectivity index (χ2n) is 4.23. The third-order valence-corrected chi connectivity index (χ3v) is 5.54. The fourth-order valence-electron chi connectivity index (χ4n) is 1.87. The zero-order chi connectivity index (χ0) is 13.9. The van der Waals surface area contributed by atoms with Crippen LogP contribution >= 0.6 is 45.9 Å². The summed E-state index contributed by atoms with van der Waals surface area (Å²) >= 11 is 15.7. The molecule has 0 aliphatic carbocycles.